The van der Waals surface area contributed by atoms with E-state index in [0.29, 0.717) is 5.88 Å². The first-order valence-corrected chi connectivity index (χ1v) is 3.42. The Morgan fingerprint density at radius 1 is 1.55 bits per heavy atom. The molecule has 0 spiro atoms. The Morgan fingerprint density at radius 3 is 2.64 bits per heavy atom. The molecule has 0 saturated carbocycles. The molecule has 0 aliphatic rings. The van der Waals surface area contributed by atoms with E-state index >= 15 is 0 Å². The topological polar surface area (TPSA) is 42.4 Å². The zero-order chi connectivity index (χ0) is 8.27. The highest BCUT2D eigenvalue weighted by molar-refractivity contribution is 5.18. The van der Waals surface area contributed by atoms with Gasteiger partial charge in [-0.25, -0.2) is 4.98 Å². The van der Waals surface area contributed by atoms with Gasteiger partial charge in [0, 0.05) is 12.3 Å². The summed E-state index contributed by atoms with van der Waals surface area (Å²) in [6.45, 7) is 1.70. The Balaban J connectivity index is 2.83. The molecule has 0 aliphatic carbocycles. The molecule has 0 radical (unpaired) electrons. The molecule has 1 aromatic rings. The minimum absolute atomic E-state index is 0.464. The molecule has 3 heteroatoms. The van der Waals surface area contributed by atoms with Gasteiger partial charge < -0.3 is 9.84 Å². The molecule has 1 rings (SSSR count). The lowest BCUT2D eigenvalue weighted by Gasteiger charge is -2.03. The third kappa shape index (κ3) is 1.91. The van der Waals surface area contributed by atoms with Crippen molar-refractivity contribution >= 4 is 0 Å². The fraction of sp³-hybridized carbons (Fsp3) is 0.375. The summed E-state index contributed by atoms with van der Waals surface area (Å²) in [4.78, 5) is 3.94. The molecular weight excluding hydrogens is 142 g/mol. The molecule has 11 heavy (non-hydrogen) atoms. The van der Waals surface area contributed by atoms with E-state index in [0.717, 1.165) is 5.56 Å². The summed E-state index contributed by atoms with van der Waals surface area (Å²) in [7, 11) is 1.56. The quantitative estimate of drug-likeness (QED) is 0.692. The average molecular weight is 153 g/mol. The van der Waals surface area contributed by atoms with E-state index in [-0.39, 0.29) is 0 Å². The number of aliphatic hydroxyl groups is 1. The van der Waals surface area contributed by atoms with E-state index < -0.39 is 6.10 Å². The second-order valence-corrected chi connectivity index (χ2v) is 2.31. The first-order valence-electron chi connectivity index (χ1n) is 3.42. The summed E-state index contributed by atoms with van der Waals surface area (Å²) in [6, 6.07) is 3.51. The zero-order valence-corrected chi connectivity index (χ0v) is 6.61. The van der Waals surface area contributed by atoms with Crippen LogP contribution in [-0.4, -0.2) is 17.2 Å². The van der Waals surface area contributed by atoms with Gasteiger partial charge in [-0.2, -0.15) is 0 Å². The predicted octanol–water partition coefficient (Wildman–Crippen LogP) is 1.14. The maximum absolute atomic E-state index is 9.11. The van der Waals surface area contributed by atoms with Crippen LogP contribution in [-0.2, 0) is 0 Å². The lowest BCUT2D eigenvalue weighted by molar-refractivity contribution is 0.198. The Hall–Kier alpha value is -1.09. The number of hydrogen-bond acceptors (Lipinski definition) is 3. The number of nitrogens with zero attached hydrogens (tertiary/aromatic N) is 1. The van der Waals surface area contributed by atoms with Crippen LogP contribution < -0.4 is 4.74 Å². The van der Waals surface area contributed by atoms with Crippen molar-refractivity contribution in [1.29, 1.82) is 0 Å². The van der Waals surface area contributed by atoms with E-state index in [2.05, 4.69) is 4.98 Å². The SMILES string of the molecule is COc1ccc(C(C)O)cn1. The number of pyridine rings is 1. The van der Waals surface area contributed by atoms with Gasteiger partial charge in [0.2, 0.25) is 5.88 Å². The van der Waals surface area contributed by atoms with Crippen LogP contribution in [0.1, 0.15) is 18.6 Å². The molecule has 1 heterocycles. The van der Waals surface area contributed by atoms with Gasteiger partial charge in [-0.3, -0.25) is 0 Å². The second-order valence-electron chi connectivity index (χ2n) is 2.31. The maximum Gasteiger partial charge on any atom is 0.212 e. The van der Waals surface area contributed by atoms with Crippen LogP contribution in [0, 0.1) is 0 Å². The first kappa shape index (κ1) is 8.01. The van der Waals surface area contributed by atoms with Crippen molar-refractivity contribution in [3.05, 3.63) is 23.9 Å². The second kappa shape index (κ2) is 3.34. The number of ether oxygens (including phenoxy) is 1. The highest BCUT2D eigenvalue weighted by atomic mass is 16.5. The Morgan fingerprint density at radius 2 is 2.27 bits per heavy atom. The third-order valence-electron chi connectivity index (χ3n) is 1.45. The van der Waals surface area contributed by atoms with Gasteiger partial charge in [0.05, 0.1) is 13.2 Å². The Labute approximate surface area is 65.7 Å². The Kier molecular flexibility index (Phi) is 2.44. The van der Waals surface area contributed by atoms with Crippen LogP contribution in [0.4, 0.5) is 0 Å². The minimum Gasteiger partial charge on any atom is -0.481 e. The van der Waals surface area contributed by atoms with Gasteiger partial charge in [0.25, 0.3) is 0 Å². The monoisotopic (exact) mass is 153 g/mol. The maximum atomic E-state index is 9.11. The molecule has 1 N–H and O–H groups in total. The van der Waals surface area contributed by atoms with E-state index in [1.54, 1.807) is 32.4 Å². The van der Waals surface area contributed by atoms with Gasteiger partial charge in [-0.05, 0) is 18.6 Å². The smallest absolute Gasteiger partial charge is 0.212 e. The standard InChI is InChI=1S/C8H11NO2/c1-6(10)7-3-4-8(11-2)9-5-7/h3-6,10H,1-2H3. The van der Waals surface area contributed by atoms with Gasteiger partial charge in [0.1, 0.15) is 0 Å². The molecule has 1 unspecified atom stereocenters. The lowest BCUT2D eigenvalue weighted by atomic mass is 10.2. The summed E-state index contributed by atoms with van der Waals surface area (Å²) in [5, 5.41) is 9.11. The number of aromatic nitrogens is 1. The average Bonchev–Trinajstić information content (AvgIpc) is 2.05. The van der Waals surface area contributed by atoms with Gasteiger partial charge >= 0.3 is 0 Å². The molecular formula is C8H11NO2. The molecule has 60 valence electrons. The predicted molar refractivity (Wildman–Crippen MR) is 41.4 cm³/mol. The molecule has 0 fully saturated rings. The van der Waals surface area contributed by atoms with Crippen molar-refractivity contribution in [3.63, 3.8) is 0 Å². The molecule has 0 amide bonds. The van der Waals surface area contributed by atoms with Crippen molar-refractivity contribution in [2.75, 3.05) is 7.11 Å². The van der Waals surface area contributed by atoms with Gasteiger partial charge in [-0.15, -0.1) is 0 Å². The minimum atomic E-state index is -0.464. The summed E-state index contributed by atoms with van der Waals surface area (Å²) >= 11 is 0. The summed E-state index contributed by atoms with van der Waals surface area (Å²) in [6.07, 6.45) is 1.14. The van der Waals surface area contributed by atoms with Crippen molar-refractivity contribution in [1.82, 2.24) is 4.98 Å². The molecule has 0 bridgehead atoms. The van der Waals surface area contributed by atoms with Crippen LogP contribution in [0.2, 0.25) is 0 Å². The number of methoxy groups -OCH3 is 1. The van der Waals surface area contributed by atoms with Crippen LogP contribution in [0.15, 0.2) is 18.3 Å². The van der Waals surface area contributed by atoms with Gasteiger partial charge in [0.15, 0.2) is 0 Å². The molecule has 3 nitrogen and oxygen atoms in total. The molecule has 1 atom stereocenters. The number of rotatable bonds is 2. The van der Waals surface area contributed by atoms with Crippen molar-refractivity contribution < 1.29 is 9.84 Å². The van der Waals surface area contributed by atoms with Crippen LogP contribution >= 0.6 is 0 Å². The summed E-state index contributed by atoms with van der Waals surface area (Å²) in [5.41, 5.74) is 0.797. The van der Waals surface area contributed by atoms with E-state index in [1.165, 1.54) is 0 Å². The Bertz CT molecular complexity index is 218. The zero-order valence-electron chi connectivity index (χ0n) is 6.61. The fourth-order valence-corrected chi connectivity index (χ4v) is 0.760. The molecule has 1 aromatic heterocycles. The van der Waals surface area contributed by atoms with Gasteiger partial charge in [-0.1, -0.05) is 0 Å². The van der Waals surface area contributed by atoms with Crippen molar-refractivity contribution in [3.8, 4) is 5.88 Å². The highest BCUT2D eigenvalue weighted by Gasteiger charge is 1.99. The van der Waals surface area contributed by atoms with Crippen molar-refractivity contribution in [2.45, 2.75) is 13.0 Å². The number of aliphatic hydroxyl groups excluding tert-OH is 1. The van der Waals surface area contributed by atoms with E-state index in [9.17, 15) is 0 Å². The normalized spacial score (nSPS) is 12.6. The third-order valence-corrected chi connectivity index (χ3v) is 1.45. The van der Waals surface area contributed by atoms with E-state index in [1.807, 2.05) is 0 Å². The van der Waals surface area contributed by atoms with E-state index in [4.69, 9.17) is 9.84 Å². The van der Waals surface area contributed by atoms with Crippen LogP contribution in [0.25, 0.3) is 0 Å². The molecule has 0 aliphatic heterocycles. The van der Waals surface area contributed by atoms with Crippen LogP contribution in [0.5, 0.6) is 5.88 Å². The highest BCUT2D eigenvalue weighted by Crippen LogP contribution is 2.12. The van der Waals surface area contributed by atoms with Crippen molar-refractivity contribution in [2.24, 2.45) is 0 Å². The fourth-order valence-electron chi connectivity index (χ4n) is 0.760. The lowest BCUT2D eigenvalue weighted by Crippen LogP contribution is -1.93. The molecule has 0 aromatic carbocycles. The number of hydrogen-bond donors (Lipinski definition) is 1. The summed E-state index contributed by atoms with van der Waals surface area (Å²) in [5.74, 6) is 0.564. The summed E-state index contributed by atoms with van der Waals surface area (Å²) < 4.78 is 4.86. The molecule has 0 saturated heterocycles. The largest absolute Gasteiger partial charge is 0.481 e. The van der Waals surface area contributed by atoms with Crippen LogP contribution in [0.3, 0.4) is 0 Å². The first-order chi connectivity index (χ1) is 5.24.